The first-order chi connectivity index (χ1) is 12.8. The summed E-state index contributed by atoms with van der Waals surface area (Å²) in [5, 5.41) is 10.3. The number of allylic oxidation sites excluding steroid dienone is 2. The molecule has 0 radical (unpaired) electrons. The molecule has 27 heavy (non-hydrogen) atoms. The first kappa shape index (κ1) is 17.1. The molecule has 1 atom stereocenters. The van der Waals surface area contributed by atoms with Gasteiger partial charge in [0.15, 0.2) is 5.76 Å². The highest BCUT2D eigenvalue weighted by molar-refractivity contribution is 6.09. The predicted molar refractivity (Wildman–Crippen MR) is 85.8 cm³/mol. The highest BCUT2D eigenvalue weighted by atomic mass is 19.4. The molecule has 3 aromatic heterocycles. The number of fused-ring (bicyclic) bond motifs is 1. The minimum Gasteiger partial charge on any atom is -0.461 e. The van der Waals surface area contributed by atoms with Crippen LogP contribution in [0.4, 0.5) is 19.1 Å². The first-order valence-corrected chi connectivity index (χ1v) is 7.83. The van der Waals surface area contributed by atoms with Crippen LogP contribution in [0.2, 0.25) is 0 Å². The Morgan fingerprint density at radius 3 is 2.70 bits per heavy atom. The van der Waals surface area contributed by atoms with Gasteiger partial charge >= 0.3 is 6.18 Å². The summed E-state index contributed by atoms with van der Waals surface area (Å²) in [7, 11) is 1.66. The number of anilines is 1. The highest BCUT2D eigenvalue weighted by Crippen LogP contribution is 2.42. The Bertz CT molecular complexity index is 1040. The summed E-state index contributed by atoms with van der Waals surface area (Å²) in [5.41, 5.74) is -0.735. The molecule has 4 rings (SSSR count). The van der Waals surface area contributed by atoms with Crippen molar-refractivity contribution in [2.75, 3.05) is 5.32 Å². The molecule has 1 aliphatic rings. The van der Waals surface area contributed by atoms with Gasteiger partial charge in [0, 0.05) is 18.3 Å². The Kier molecular flexibility index (Phi) is 3.68. The zero-order valence-electron chi connectivity index (χ0n) is 14.2. The molecule has 4 heterocycles. The van der Waals surface area contributed by atoms with Crippen molar-refractivity contribution in [3.63, 3.8) is 0 Å². The number of aromatic nitrogens is 5. The molecule has 0 saturated heterocycles. The number of Topliss-reactive ketones (excluding diaryl/α,β-unsaturated/α-hetero) is 1. The van der Waals surface area contributed by atoms with Crippen LogP contribution in [0.3, 0.4) is 0 Å². The average molecular weight is 378 g/mol. The summed E-state index contributed by atoms with van der Waals surface area (Å²) in [4.78, 5) is 16.8. The van der Waals surface area contributed by atoms with Crippen LogP contribution in [-0.4, -0.2) is 36.5 Å². The van der Waals surface area contributed by atoms with Gasteiger partial charge in [-0.2, -0.15) is 28.4 Å². The van der Waals surface area contributed by atoms with Gasteiger partial charge in [-0.1, -0.05) is 0 Å². The minimum absolute atomic E-state index is 0.119. The van der Waals surface area contributed by atoms with Crippen molar-refractivity contribution >= 4 is 11.7 Å². The number of carbonyl (C=O) groups is 1. The highest BCUT2D eigenvalue weighted by Gasteiger charge is 2.47. The van der Waals surface area contributed by atoms with E-state index in [0.29, 0.717) is 11.3 Å². The molecule has 1 aliphatic heterocycles. The Morgan fingerprint density at radius 1 is 1.33 bits per heavy atom. The van der Waals surface area contributed by atoms with Gasteiger partial charge in [0.25, 0.3) is 0 Å². The monoisotopic (exact) mass is 378 g/mol. The van der Waals surface area contributed by atoms with Gasteiger partial charge in [-0.15, -0.1) is 0 Å². The maximum atomic E-state index is 13.8. The third-order valence-electron chi connectivity index (χ3n) is 4.44. The molecular formula is C16H13F3N6O2. The lowest BCUT2D eigenvalue weighted by atomic mass is 9.91. The molecule has 0 aromatic carbocycles. The number of nitrogens with zero attached hydrogens (tertiary/aromatic N) is 5. The fourth-order valence-electron chi connectivity index (χ4n) is 3.04. The Morgan fingerprint density at radius 2 is 2.11 bits per heavy atom. The van der Waals surface area contributed by atoms with Crippen LogP contribution in [0.5, 0.6) is 0 Å². The van der Waals surface area contributed by atoms with E-state index in [9.17, 15) is 18.0 Å². The minimum atomic E-state index is -4.82. The number of ketones is 1. The molecular weight excluding hydrogens is 365 g/mol. The smallest absolute Gasteiger partial charge is 0.431 e. The summed E-state index contributed by atoms with van der Waals surface area (Å²) in [6.07, 6.45) is -1.05. The number of hydrogen-bond acceptors (Lipinski definition) is 6. The number of aryl methyl sites for hydroxylation is 1. The maximum absolute atomic E-state index is 13.8. The van der Waals surface area contributed by atoms with Gasteiger partial charge in [-0.3, -0.25) is 9.48 Å². The molecule has 0 saturated carbocycles. The number of nitrogens with one attached hydrogen (secondary N) is 1. The Balaban J connectivity index is 2.01. The lowest BCUT2D eigenvalue weighted by Crippen LogP contribution is -2.35. The van der Waals surface area contributed by atoms with Gasteiger partial charge < -0.3 is 9.73 Å². The van der Waals surface area contributed by atoms with Crippen molar-refractivity contribution in [2.24, 2.45) is 7.05 Å². The van der Waals surface area contributed by atoms with Crippen LogP contribution in [-0.2, 0) is 7.05 Å². The Hall–Kier alpha value is -3.37. The maximum Gasteiger partial charge on any atom is 0.431 e. The number of rotatable bonds is 3. The molecule has 0 aliphatic carbocycles. The SMILES string of the molecule is Cc1c([C@H]2C(C(=O)c3ccco3)=C(C(F)(F)F)Nc3ncnn32)cnn1C. The van der Waals surface area contributed by atoms with E-state index in [4.69, 9.17) is 4.42 Å². The van der Waals surface area contributed by atoms with Crippen LogP contribution >= 0.6 is 0 Å². The van der Waals surface area contributed by atoms with E-state index in [1.165, 1.54) is 34.0 Å². The zero-order valence-corrected chi connectivity index (χ0v) is 14.2. The molecule has 3 aromatic rings. The fraction of sp³-hybridized carbons (Fsp3) is 0.250. The van der Waals surface area contributed by atoms with Gasteiger partial charge in [-0.25, -0.2) is 4.68 Å². The van der Waals surface area contributed by atoms with E-state index in [2.05, 4.69) is 20.5 Å². The molecule has 8 nitrogen and oxygen atoms in total. The van der Waals surface area contributed by atoms with Crippen LogP contribution in [0.15, 0.2) is 46.6 Å². The summed E-state index contributed by atoms with van der Waals surface area (Å²) >= 11 is 0. The number of halogens is 3. The van der Waals surface area contributed by atoms with Crippen LogP contribution in [0.25, 0.3) is 0 Å². The fourth-order valence-corrected chi connectivity index (χ4v) is 3.04. The number of carbonyl (C=O) groups excluding carboxylic acids is 1. The van der Waals surface area contributed by atoms with Crippen LogP contribution in [0.1, 0.15) is 27.9 Å². The van der Waals surface area contributed by atoms with Crippen LogP contribution in [0, 0.1) is 6.92 Å². The molecule has 11 heteroatoms. The van der Waals surface area contributed by atoms with E-state index in [0.717, 1.165) is 6.33 Å². The Labute approximate surface area is 150 Å². The second-order valence-electron chi connectivity index (χ2n) is 5.96. The van der Waals surface area contributed by atoms with E-state index in [1.54, 1.807) is 14.0 Å². The zero-order chi connectivity index (χ0) is 19.3. The molecule has 0 unspecified atom stereocenters. The molecule has 140 valence electrons. The normalized spacial score (nSPS) is 17.0. The molecule has 1 N–H and O–H groups in total. The number of hydrogen-bond donors (Lipinski definition) is 1. The molecule has 0 amide bonds. The summed E-state index contributed by atoms with van der Waals surface area (Å²) in [6.45, 7) is 1.70. The second-order valence-corrected chi connectivity index (χ2v) is 5.96. The summed E-state index contributed by atoms with van der Waals surface area (Å²) < 4.78 is 49.2. The summed E-state index contributed by atoms with van der Waals surface area (Å²) in [6, 6.07) is 1.59. The largest absolute Gasteiger partial charge is 0.461 e. The van der Waals surface area contributed by atoms with Crippen molar-refractivity contribution < 1.29 is 22.4 Å². The molecule has 0 spiro atoms. The van der Waals surface area contributed by atoms with Crippen molar-refractivity contribution in [1.29, 1.82) is 0 Å². The standard InChI is InChI=1S/C16H13F3N6O2/c1-8-9(6-21-24(8)2)12-11(13(26)10-4-3-5-27-10)14(16(17,18)19)23-15-20-7-22-25(12)15/h3-7,12H,1-2H3,(H,20,22,23)/t12-/m0/s1. The quantitative estimate of drug-likeness (QED) is 0.705. The van der Waals surface area contributed by atoms with Crippen molar-refractivity contribution in [3.05, 3.63) is 59.2 Å². The summed E-state index contributed by atoms with van der Waals surface area (Å²) in [5.74, 6) is -1.22. The average Bonchev–Trinajstić information content (AvgIpc) is 3.35. The van der Waals surface area contributed by atoms with E-state index in [1.807, 2.05) is 0 Å². The van der Waals surface area contributed by atoms with Crippen molar-refractivity contribution in [3.8, 4) is 0 Å². The molecule has 0 bridgehead atoms. The van der Waals surface area contributed by atoms with E-state index < -0.39 is 29.3 Å². The first-order valence-electron chi connectivity index (χ1n) is 7.83. The topological polar surface area (TPSA) is 90.8 Å². The molecule has 0 fully saturated rings. The van der Waals surface area contributed by atoms with Gasteiger partial charge in [0.05, 0.1) is 18.0 Å². The third-order valence-corrected chi connectivity index (χ3v) is 4.44. The van der Waals surface area contributed by atoms with Crippen molar-refractivity contribution in [1.82, 2.24) is 24.5 Å². The number of alkyl halides is 3. The van der Waals surface area contributed by atoms with Gasteiger partial charge in [0.1, 0.15) is 18.1 Å². The second kappa shape index (κ2) is 5.83. The lowest BCUT2D eigenvalue weighted by Gasteiger charge is -2.29. The number of furan rings is 1. The van der Waals surface area contributed by atoms with E-state index >= 15 is 0 Å². The van der Waals surface area contributed by atoms with Crippen molar-refractivity contribution in [2.45, 2.75) is 19.1 Å². The van der Waals surface area contributed by atoms with Gasteiger partial charge in [0.2, 0.25) is 11.7 Å². The van der Waals surface area contributed by atoms with Gasteiger partial charge in [-0.05, 0) is 19.1 Å². The lowest BCUT2D eigenvalue weighted by molar-refractivity contribution is -0.0918. The van der Waals surface area contributed by atoms with Crippen LogP contribution < -0.4 is 5.32 Å². The predicted octanol–water partition coefficient (Wildman–Crippen LogP) is 2.63. The third kappa shape index (κ3) is 2.62. The van der Waals surface area contributed by atoms with E-state index in [-0.39, 0.29) is 11.7 Å².